The molecule has 0 spiro atoms. The maximum Gasteiger partial charge on any atom is 0.165 e. The summed E-state index contributed by atoms with van der Waals surface area (Å²) in [6.45, 7) is 2.94. The van der Waals surface area contributed by atoms with Gasteiger partial charge in [-0.25, -0.2) is 0 Å². The lowest BCUT2D eigenvalue weighted by atomic mass is 10.0. The van der Waals surface area contributed by atoms with Gasteiger partial charge in [0.15, 0.2) is 11.5 Å². The normalized spacial score (nSPS) is 14.2. The molecule has 0 saturated heterocycles. The van der Waals surface area contributed by atoms with E-state index in [1.807, 2.05) is 42.5 Å². The van der Waals surface area contributed by atoms with Crippen LogP contribution < -0.4 is 14.2 Å². The Balaban J connectivity index is 1.65. The zero-order valence-electron chi connectivity index (χ0n) is 17.1. The molecule has 1 aromatic heterocycles. The van der Waals surface area contributed by atoms with E-state index in [0.29, 0.717) is 17.4 Å². The quantitative estimate of drug-likeness (QED) is 0.520. The van der Waals surface area contributed by atoms with Crippen molar-refractivity contribution in [2.24, 2.45) is 0 Å². The molecule has 4 rings (SSSR count). The summed E-state index contributed by atoms with van der Waals surface area (Å²) >= 11 is 6.25. The molecule has 0 bridgehead atoms. The molecule has 30 heavy (non-hydrogen) atoms. The van der Waals surface area contributed by atoms with Crippen LogP contribution in [0.4, 0.5) is 0 Å². The fraction of sp³-hybridized carbons (Fsp3) is 0.250. The van der Waals surface area contributed by atoms with Crippen LogP contribution in [0, 0.1) is 0 Å². The second-order valence-corrected chi connectivity index (χ2v) is 7.45. The Hall–Kier alpha value is -2.89. The highest BCUT2D eigenvalue weighted by Crippen LogP contribution is 2.41. The summed E-state index contributed by atoms with van der Waals surface area (Å²) in [6, 6.07) is 13.5. The molecule has 1 aliphatic rings. The topological polar surface area (TPSA) is 44.1 Å². The summed E-state index contributed by atoms with van der Waals surface area (Å²) in [5.41, 5.74) is 2.96. The van der Waals surface area contributed by atoms with Crippen LogP contribution in [0.2, 0.25) is 5.02 Å². The number of nitrogens with zero attached hydrogens (tertiary/aromatic N) is 1. The molecule has 6 heteroatoms. The largest absolute Gasteiger partial charge is 0.496 e. The lowest BCUT2D eigenvalue weighted by Crippen LogP contribution is -2.25. The minimum atomic E-state index is 0.595. The Kier molecular flexibility index (Phi) is 6.31. The predicted molar refractivity (Wildman–Crippen MR) is 119 cm³/mol. The minimum Gasteiger partial charge on any atom is -0.496 e. The highest BCUT2D eigenvalue weighted by atomic mass is 35.5. The molecule has 0 atom stereocenters. The lowest BCUT2D eigenvalue weighted by molar-refractivity contribution is 0.238. The van der Waals surface area contributed by atoms with Crippen molar-refractivity contribution < 1.29 is 18.6 Å². The van der Waals surface area contributed by atoms with Crippen molar-refractivity contribution in [3.63, 3.8) is 0 Å². The van der Waals surface area contributed by atoms with Gasteiger partial charge in [-0.3, -0.25) is 4.90 Å². The fourth-order valence-corrected chi connectivity index (χ4v) is 3.78. The average molecular weight is 426 g/mol. The lowest BCUT2D eigenvalue weighted by Gasteiger charge is -2.18. The first-order chi connectivity index (χ1) is 14.7. The van der Waals surface area contributed by atoms with Crippen LogP contribution in [0.25, 0.3) is 17.2 Å². The molecule has 0 radical (unpaired) electrons. The monoisotopic (exact) mass is 425 g/mol. The second-order valence-electron chi connectivity index (χ2n) is 7.01. The maximum absolute atomic E-state index is 6.25. The third kappa shape index (κ3) is 4.48. The van der Waals surface area contributed by atoms with Gasteiger partial charge in [0, 0.05) is 35.8 Å². The Morgan fingerprint density at radius 1 is 1.10 bits per heavy atom. The van der Waals surface area contributed by atoms with Crippen LogP contribution in [0.3, 0.4) is 0 Å². The smallest absolute Gasteiger partial charge is 0.165 e. The Morgan fingerprint density at radius 2 is 1.97 bits per heavy atom. The first-order valence-corrected chi connectivity index (χ1v) is 10.2. The number of methoxy groups -OCH3 is 2. The van der Waals surface area contributed by atoms with Crippen molar-refractivity contribution in [1.82, 2.24) is 4.90 Å². The molecular formula is C24H24ClNO4. The summed E-state index contributed by atoms with van der Waals surface area (Å²) < 4.78 is 22.6. The summed E-state index contributed by atoms with van der Waals surface area (Å²) in [7, 11) is 3.32. The van der Waals surface area contributed by atoms with Gasteiger partial charge >= 0.3 is 0 Å². The molecule has 3 aromatic rings. The highest BCUT2D eigenvalue weighted by Gasteiger charge is 2.21. The van der Waals surface area contributed by atoms with E-state index in [-0.39, 0.29) is 0 Å². The van der Waals surface area contributed by atoms with Crippen molar-refractivity contribution >= 4 is 17.7 Å². The van der Waals surface area contributed by atoms with Gasteiger partial charge in [0.2, 0.25) is 0 Å². The predicted octanol–water partition coefficient (Wildman–Crippen LogP) is 5.53. The number of rotatable bonds is 6. The molecule has 0 N–H and O–H groups in total. The molecule has 0 amide bonds. The summed E-state index contributed by atoms with van der Waals surface area (Å²) in [6.07, 6.45) is 5.76. The van der Waals surface area contributed by atoms with Crippen molar-refractivity contribution in [1.29, 1.82) is 0 Å². The number of ether oxygens (including phenoxy) is 3. The summed E-state index contributed by atoms with van der Waals surface area (Å²) in [5.74, 6) is 3.10. The SMILES string of the molecule is COc1ccc(Cl)cc1-c1cc2c(c(OC)c1)OCCN(C/C=C/c1ccco1)C2. The molecular weight excluding hydrogens is 402 g/mol. The van der Waals surface area contributed by atoms with Crippen LogP contribution in [0.5, 0.6) is 17.2 Å². The number of hydrogen-bond donors (Lipinski definition) is 0. The molecule has 0 aliphatic carbocycles. The minimum absolute atomic E-state index is 0.595. The van der Waals surface area contributed by atoms with Crippen LogP contribution in [0.1, 0.15) is 11.3 Å². The van der Waals surface area contributed by atoms with Crippen LogP contribution in [-0.2, 0) is 6.54 Å². The highest BCUT2D eigenvalue weighted by molar-refractivity contribution is 6.31. The van der Waals surface area contributed by atoms with Crippen molar-refractivity contribution in [3.05, 3.63) is 71.2 Å². The molecule has 1 aliphatic heterocycles. The molecule has 156 valence electrons. The number of hydrogen-bond acceptors (Lipinski definition) is 5. The van der Waals surface area contributed by atoms with Crippen LogP contribution >= 0.6 is 11.6 Å². The fourth-order valence-electron chi connectivity index (χ4n) is 3.61. The van der Waals surface area contributed by atoms with Gasteiger partial charge in [0.05, 0.1) is 20.5 Å². The van der Waals surface area contributed by atoms with Gasteiger partial charge < -0.3 is 18.6 Å². The van der Waals surface area contributed by atoms with Gasteiger partial charge in [-0.05, 0) is 54.1 Å². The van der Waals surface area contributed by atoms with E-state index < -0.39 is 0 Å². The van der Waals surface area contributed by atoms with Gasteiger partial charge in [-0.1, -0.05) is 17.7 Å². The Bertz CT molecular complexity index is 1030. The van der Waals surface area contributed by atoms with E-state index in [2.05, 4.69) is 17.0 Å². The van der Waals surface area contributed by atoms with E-state index in [1.54, 1.807) is 20.5 Å². The number of fused-ring (bicyclic) bond motifs is 1. The summed E-state index contributed by atoms with van der Waals surface area (Å²) in [4.78, 5) is 2.32. The third-order valence-electron chi connectivity index (χ3n) is 5.06. The van der Waals surface area contributed by atoms with E-state index >= 15 is 0 Å². The average Bonchev–Trinajstić information content (AvgIpc) is 3.19. The number of benzene rings is 2. The first kappa shape index (κ1) is 20.4. The zero-order chi connectivity index (χ0) is 20.9. The molecule has 2 aromatic carbocycles. The first-order valence-electron chi connectivity index (χ1n) is 9.78. The molecule has 2 heterocycles. The molecule has 0 unspecified atom stereocenters. The van der Waals surface area contributed by atoms with Crippen molar-refractivity contribution in [2.75, 3.05) is 33.9 Å². The van der Waals surface area contributed by atoms with E-state index in [1.165, 1.54) is 0 Å². The standard InChI is InChI=1S/C24H24ClNO4/c1-27-22-8-7-19(25)15-21(22)17-13-18-16-26(9-3-5-20-6-4-11-29-20)10-12-30-24(18)23(14-17)28-2/h3-8,11,13-15H,9-10,12,16H2,1-2H3/b5-3+. The Labute approximate surface area is 181 Å². The molecule has 5 nitrogen and oxygen atoms in total. The second kappa shape index (κ2) is 9.28. The van der Waals surface area contributed by atoms with Crippen LogP contribution in [-0.4, -0.2) is 38.8 Å². The third-order valence-corrected chi connectivity index (χ3v) is 5.30. The Morgan fingerprint density at radius 3 is 2.73 bits per heavy atom. The van der Waals surface area contributed by atoms with Gasteiger partial charge in [0.25, 0.3) is 0 Å². The van der Waals surface area contributed by atoms with E-state index in [0.717, 1.165) is 53.6 Å². The van der Waals surface area contributed by atoms with E-state index in [9.17, 15) is 0 Å². The number of halogens is 1. The zero-order valence-corrected chi connectivity index (χ0v) is 17.8. The summed E-state index contributed by atoms with van der Waals surface area (Å²) in [5, 5.41) is 0.653. The van der Waals surface area contributed by atoms with Crippen LogP contribution in [0.15, 0.2) is 59.2 Å². The maximum atomic E-state index is 6.25. The van der Waals surface area contributed by atoms with Gasteiger partial charge in [0.1, 0.15) is 18.1 Å². The van der Waals surface area contributed by atoms with Gasteiger partial charge in [-0.2, -0.15) is 0 Å². The van der Waals surface area contributed by atoms with Crippen molar-refractivity contribution in [2.45, 2.75) is 6.54 Å². The van der Waals surface area contributed by atoms with E-state index in [4.69, 9.17) is 30.2 Å². The molecule has 0 saturated carbocycles. The van der Waals surface area contributed by atoms with Gasteiger partial charge in [-0.15, -0.1) is 0 Å². The molecule has 0 fully saturated rings. The number of furan rings is 1. The van der Waals surface area contributed by atoms with Crippen molar-refractivity contribution in [3.8, 4) is 28.4 Å².